The molecule has 1 fully saturated rings. The molecule has 0 saturated heterocycles. The van der Waals surface area contributed by atoms with Crippen molar-refractivity contribution in [1.29, 1.82) is 0 Å². The number of hydrogen-bond donors (Lipinski definition) is 1. The molecule has 0 spiro atoms. The number of amides is 1. The molecule has 33 heavy (non-hydrogen) atoms. The Morgan fingerprint density at radius 3 is 2.15 bits per heavy atom. The quantitative estimate of drug-likeness (QED) is 0.631. The Morgan fingerprint density at radius 1 is 0.970 bits per heavy atom. The summed E-state index contributed by atoms with van der Waals surface area (Å²) >= 11 is 6.06. The first-order chi connectivity index (χ1) is 15.2. The minimum Gasteiger partial charge on any atom is -0.349 e. The highest BCUT2D eigenvalue weighted by Gasteiger charge is 2.35. The zero-order valence-corrected chi connectivity index (χ0v) is 19.8. The van der Waals surface area contributed by atoms with Crippen molar-refractivity contribution in [2.75, 3.05) is 6.26 Å². The van der Waals surface area contributed by atoms with E-state index in [-0.39, 0.29) is 39.3 Å². The Labute approximate surface area is 195 Å². The molecule has 1 amide bonds. The van der Waals surface area contributed by atoms with Gasteiger partial charge in [-0.2, -0.15) is 13.2 Å². The van der Waals surface area contributed by atoms with Crippen molar-refractivity contribution < 1.29 is 34.8 Å². The fraction of sp³-hybridized carbons (Fsp3) is 0.381. The lowest BCUT2D eigenvalue weighted by Gasteiger charge is -2.29. The van der Waals surface area contributed by atoms with Gasteiger partial charge in [-0.15, -0.1) is 0 Å². The first-order valence-corrected chi connectivity index (χ1v) is 13.7. The Bertz CT molecular complexity index is 1270. The summed E-state index contributed by atoms with van der Waals surface area (Å²) in [7, 11) is -7.45. The monoisotopic (exact) mass is 523 g/mol. The molecule has 0 aliphatic heterocycles. The summed E-state index contributed by atoms with van der Waals surface area (Å²) in [5.74, 6) is -0.524. The second-order valence-electron chi connectivity index (χ2n) is 7.93. The van der Waals surface area contributed by atoms with Crippen LogP contribution in [0, 0.1) is 0 Å². The molecule has 0 unspecified atom stereocenters. The van der Waals surface area contributed by atoms with Gasteiger partial charge in [-0.25, -0.2) is 16.8 Å². The summed E-state index contributed by atoms with van der Waals surface area (Å²) in [5, 5.41) is 1.87. The predicted molar refractivity (Wildman–Crippen MR) is 117 cm³/mol. The third-order valence-corrected chi connectivity index (χ3v) is 9.23. The fourth-order valence-corrected chi connectivity index (χ4v) is 6.55. The van der Waals surface area contributed by atoms with E-state index in [4.69, 9.17) is 11.6 Å². The van der Waals surface area contributed by atoms with Gasteiger partial charge in [0.25, 0.3) is 5.91 Å². The molecule has 6 nitrogen and oxygen atoms in total. The molecular formula is C21H21ClF3NO5S2. The van der Waals surface area contributed by atoms with Crippen LogP contribution < -0.4 is 5.32 Å². The number of alkyl halides is 3. The van der Waals surface area contributed by atoms with E-state index in [0.29, 0.717) is 18.9 Å². The Balaban J connectivity index is 1.66. The van der Waals surface area contributed by atoms with Crippen LogP contribution in [-0.4, -0.2) is 40.3 Å². The largest absolute Gasteiger partial charge is 0.416 e. The molecule has 2 aromatic rings. The lowest BCUT2D eigenvalue weighted by molar-refractivity contribution is -0.137. The van der Waals surface area contributed by atoms with Gasteiger partial charge in [0.05, 0.1) is 31.2 Å². The Kier molecular flexibility index (Phi) is 7.16. The Hall–Kier alpha value is -2.11. The average molecular weight is 524 g/mol. The van der Waals surface area contributed by atoms with E-state index in [0.717, 1.165) is 24.5 Å². The van der Waals surface area contributed by atoms with Gasteiger partial charge in [-0.1, -0.05) is 17.7 Å². The van der Waals surface area contributed by atoms with Crippen LogP contribution in [0.5, 0.6) is 0 Å². The summed E-state index contributed by atoms with van der Waals surface area (Å²) in [6.07, 6.45) is -2.66. The number of sulfone groups is 2. The molecule has 0 heterocycles. The van der Waals surface area contributed by atoms with Gasteiger partial charge >= 0.3 is 6.18 Å². The molecule has 0 aromatic heterocycles. The average Bonchev–Trinajstić information content (AvgIpc) is 2.73. The number of benzene rings is 2. The van der Waals surface area contributed by atoms with Gasteiger partial charge in [0.2, 0.25) is 0 Å². The van der Waals surface area contributed by atoms with E-state index >= 15 is 0 Å². The highest BCUT2D eigenvalue weighted by molar-refractivity contribution is 7.92. The smallest absolute Gasteiger partial charge is 0.349 e. The molecule has 1 aliphatic rings. The predicted octanol–water partition coefficient (Wildman–Crippen LogP) is 4.28. The molecule has 3 rings (SSSR count). The summed E-state index contributed by atoms with van der Waals surface area (Å²) in [6, 6.07) is 7.10. The van der Waals surface area contributed by atoms with Crippen LogP contribution in [0.15, 0.2) is 52.3 Å². The van der Waals surface area contributed by atoms with E-state index in [9.17, 15) is 34.8 Å². The van der Waals surface area contributed by atoms with Crippen LogP contribution in [0.2, 0.25) is 5.02 Å². The maximum absolute atomic E-state index is 12.9. The van der Waals surface area contributed by atoms with E-state index in [2.05, 4.69) is 5.32 Å². The Morgan fingerprint density at radius 2 is 1.61 bits per heavy atom. The summed E-state index contributed by atoms with van der Waals surface area (Å²) in [6.45, 7) is 0. The van der Waals surface area contributed by atoms with Crippen LogP contribution in [0.25, 0.3) is 0 Å². The van der Waals surface area contributed by atoms with Crippen molar-refractivity contribution >= 4 is 37.2 Å². The third-order valence-electron chi connectivity index (χ3n) is 5.55. The summed E-state index contributed by atoms with van der Waals surface area (Å²) in [5.41, 5.74) is -0.939. The van der Waals surface area contributed by atoms with Crippen molar-refractivity contribution in [3.05, 3.63) is 58.6 Å². The van der Waals surface area contributed by atoms with E-state index in [1.54, 1.807) is 0 Å². The van der Waals surface area contributed by atoms with E-state index in [1.165, 1.54) is 18.2 Å². The van der Waals surface area contributed by atoms with Crippen LogP contribution in [0.4, 0.5) is 13.2 Å². The molecule has 0 radical (unpaired) electrons. The van der Waals surface area contributed by atoms with Crippen LogP contribution in [-0.2, 0) is 25.9 Å². The van der Waals surface area contributed by atoms with Crippen LogP contribution >= 0.6 is 11.6 Å². The molecule has 180 valence electrons. The van der Waals surface area contributed by atoms with Crippen LogP contribution in [0.3, 0.4) is 0 Å². The highest BCUT2D eigenvalue weighted by atomic mass is 35.5. The molecule has 1 aliphatic carbocycles. The minimum atomic E-state index is -4.64. The number of carbonyl (C=O) groups excluding carboxylic acids is 1. The third kappa shape index (κ3) is 5.88. The fourth-order valence-electron chi connectivity index (χ4n) is 3.73. The van der Waals surface area contributed by atoms with Crippen molar-refractivity contribution in [2.24, 2.45) is 0 Å². The number of rotatable bonds is 5. The first kappa shape index (κ1) is 25.5. The minimum absolute atomic E-state index is 0.0237. The van der Waals surface area contributed by atoms with Gasteiger partial charge in [0, 0.05) is 12.3 Å². The van der Waals surface area contributed by atoms with Crippen molar-refractivity contribution in [3.63, 3.8) is 0 Å². The SMILES string of the molecule is CS(=O)(=O)c1ccc(C(=O)N[C@H]2CC[C@H](S(=O)(=O)c3cccc(C(F)(F)F)c3)CC2)c(Cl)c1. The zero-order valence-electron chi connectivity index (χ0n) is 17.4. The maximum atomic E-state index is 12.9. The summed E-state index contributed by atoms with van der Waals surface area (Å²) in [4.78, 5) is 12.2. The maximum Gasteiger partial charge on any atom is 0.416 e. The van der Waals surface area contributed by atoms with Gasteiger partial charge < -0.3 is 5.32 Å². The molecule has 1 N–H and O–H groups in total. The van der Waals surface area contributed by atoms with E-state index in [1.807, 2.05) is 0 Å². The van der Waals surface area contributed by atoms with Crippen LogP contribution in [0.1, 0.15) is 41.6 Å². The molecule has 12 heteroatoms. The molecular weight excluding hydrogens is 503 g/mol. The lowest BCUT2D eigenvalue weighted by atomic mass is 9.94. The number of carbonyl (C=O) groups is 1. The first-order valence-electron chi connectivity index (χ1n) is 9.91. The van der Waals surface area contributed by atoms with Crippen molar-refractivity contribution in [1.82, 2.24) is 5.32 Å². The molecule has 0 atom stereocenters. The number of nitrogens with one attached hydrogen (secondary N) is 1. The van der Waals surface area contributed by atoms with Gasteiger partial charge in [0.15, 0.2) is 19.7 Å². The van der Waals surface area contributed by atoms with Gasteiger partial charge in [0.1, 0.15) is 0 Å². The number of halogens is 4. The van der Waals surface area contributed by atoms with Crippen molar-refractivity contribution in [3.8, 4) is 0 Å². The van der Waals surface area contributed by atoms with Crippen molar-refractivity contribution in [2.45, 2.75) is 52.9 Å². The second-order valence-corrected chi connectivity index (χ2v) is 12.6. The second kappa shape index (κ2) is 9.27. The van der Waals surface area contributed by atoms with Gasteiger partial charge in [-0.3, -0.25) is 4.79 Å². The summed E-state index contributed by atoms with van der Waals surface area (Å²) < 4.78 is 87.7. The molecule has 0 bridgehead atoms. The normalized spacial score (nSPS) is 19.8. The number of hydrogen-bond acceptors (Lipinski definition) is 5. The molecule has 2 aromatic carbocycles. The lowest BCUT2D eigenvalue weighted by Crippen LogP contribution is -2.40. The van der Waals surface area contributed by atoms with E-state index < -0.39 is 42.6 Å². The topological polar surface area (TPSA) is 97.4 Å². The zero-order chi connectivity index (χ0) is 24.6. The highest BCUT2D eigenvalue weighted by Crippen LogP contribution is 2.34. The van der Waals surface area contributed by atoms with Gasteiger partial charge in [-0.05, 0) is 62.1 Å². The standard InChI is InChI=1S/C21H21ClF3NO5S2/c1-32(28,29)16-9-10-18(19(22)12-16)20(27)26-14-5-7-15(8-6-14)33(30,31)17-4-2-3-13(11-17)21(23,24)25/h2-4,9-12,14-15H,5-8H2,1H3,(H,26,27)/t14-,15-. The molecule has 1 saturated carbocycles.